The molecule has 0 saturated carbocycles. The van der Waals surface area contributed by atoms with Gasteiger partial charge in [0.25, 0.3) is 0 Å². The summed E-state index contributed by atoms with van der Waals surface area (Å²) in [7, 11) is 0. The van der Waals surface area contributed by atoms with E-state index in [0.29, 0.717) is 4.47 Å². The predicted molar refractivity (Wildman–Crippen MR) is 84.2 cm³/mol. The third-order valence-corrected chi connectivity index (χ3v) is 3.81. The predicted octanol–water partition coefficient (Wildman–Crippen LogP) is 4.71. The topological polar surface area (TPSA) is 49.3 Å². The van der Waals surface area contributed by atoms with E-state index in [9.17, 15) is 4.79 Å². The summed E-state index contributed by atoms with van der Waals surface area (Å²) in [5.41, 5.74) is 2.38. The molecule has 0 aliphatic rings. The van der Waals surface area contributed by atoms with Gasteiger partial charge in [0.1, 0.15) is 0 Å². The van der Waals surface area contributed by atoms with Crippen LogP contribution in [0.2, 0.25) is 0 Å². The third-order valence-electron chi connectivity index (χ3n) is 3.15. The van der Waals surface area contributed by atoms with E-state index in [1.165, 1.54) is 5.56 Å². The van der Waals surface area contributed by atoms with E-state index in [0.717, 1.165) is 12.1 Å². The van der Waals surface area contributed by atoms with Crippen LogP contribution >= 0.6 is 15.9 Å². The van der Waals surface area contributed by atoms with Gasteiger partial charge in [-0.25, -0.2) is 4.79 Å². The van der Waals surface area contributed by atoms with E-state index in [-0.39, 0.29) is 11.6 Å². The van der Waals surface area contributed by atoms with Crippen LogP contribution in [0.25, 0.3) is 0 Å². The van der Waals surface area contributed by atoms with E-state index in [4.69, 9.17) is 5.11 Å². The zero-order valence-electron chi connectivity index (χ0n) is 11.1. The summed E-state index contributed by atoms with van der Waals surface area (Å²) in [6, 6.07) is 15.6. The van der Waals surface area contributed by atoms with Gasteiger partial charge >= 0.3 is 5.97 Å². The van der Waals surface area contributed by atoms with Crippen molar-refractivity contribution in [3.8, 4) is 0 Å². The second kappa shape index (κ2) is 6.57. The minimum absolute atomic E-state index is 0.207. The highest BCUT2D eigenvalue weighted by Crippen LogP contribution is 2.26. The maximum atomic E-state index is 11.0. The average molecular weight is 334 g/mol. The molecule has 0 amide bonds. The van der Waals surface area contributed by atoms with Crippen LogP contribution in [0.3, 0.4) is 0 Å². The monoisotopic (exact) mass is 333 g/mol. The van der Waals surface area contributed by atoms with Crippen LogP contribution in [-0.4, -0.2) is 11.1 Å². The van der Waals surface area contributed by atoms with Gasteiger partial charge in [-0.3, -0.25) is 0 Å². The number of benzene rings is 2. The second-order valence-electron chi connectivity index (χ2n) is 4.52. The number of carboxylic acids is 1. The molecule has 0 spiro atoms. The first-order valence-electron chi connectivity index (χ1n) is 6.46. The SMILES string of the molecule is CCC(Nc1ccc(C(=O)O)c(Br)c1)c1ccccc1. The first-order valence-corrected chi connectivity index (χ1v) is 7.25. The lowest BCUT2D eigenvalue weighted by atomic mass is 10.0. The smallest absolute Gasteiger partial charge is 0.336 e. The molecule has 0 aliphatic heterocycles. The standard InChI is InChI=1S/C16H16BrNO2/c1-2-15(11-6-4-3-5-7-11)18-12-8-9-13(16(19)20)14(17)10-12/h3-10,15,18H,2H2,1H3,(H,19,20). The highest BCUT2D eigenvalue weighted by Gasteiger charge is 2.12. The molecule has 3 nitrogen and oxygen atoms in total. The van der Waals surface area contributed by atoms with Gasteiger partial charge in [0.05, 0.1) is 11.6 Å². The van der Waals surface area contributed by atoms with Crippen molar-refractivity contribution < 1.29 is 9.90 Å². The maximum Gasteiger partial charge on any atom is 0.336 e. The number of halogens is 1. The molecule has 2 aromatic carbocycles. The Kier molecular flexibility index (Phi) is 4.79. The molecule has 1 atom stereocenters. The van der Waals surface area contributed by atoms with E-state index < -0.39 is 5.97 Å². The van der Waals surface area contributed by atoms with Crippen LogP contribution in [0.5, 0.6) is 0 Å². The Morgan fingerprint density at radius 1 is 1.25 bits per heavy atom. The third kappa shape index (κ3) is 3.39. The van der Waals surface area contributed by atoms with Crippen LogP contribution in [0.15, 0.2) is 53.0 Å². The van der Waals surface area contributed by atoms with Gasteiger partial charge in [0.2, 0.25) is 0 Å². The van der Waals surface area contributed by atoms with Crippen molar-refractivity contribution in [2.24, 2.45) is 0 Å². The highest BCUT2D eigenvalue weighted by atomic mass is 79.9. The summed E-state index contributed by atoms with van der Waals surface area (Å²) in [5, 5.41) is 12.4. The van der Waals surface area contributed by atoms with Gasteiger partial charge in [-0.1, -0.05) is 37.3 Å². The molecule has 0 aliphatic carbocycles. The van der Waals surface area contributed by atoms with Crippen molar-refractivity contribution >= 4 is 27.6 Å². The average Bonchev–Trinajstić information content (AvgIpc) is 2.45. The molecule has 20 heavy (non-hydrogen) atoms. The minimum Gasteiger partial charge on any atom is -0.478 e. The van der Waals surface area contributed by atoms with E-state index >= 15 is 0 Å². The number of rotatable bonds is 5. The Morgan fingerprint density at radius 3 is 2.50 bits per heavy atom. The number of nitrogens with one attached hydrogen (secondary N) is 1. The van der Waals surface area contributed by atoms with Gasteiger partial charge in [0.15, 0.2) is 0 Å². The van der Waals surface area contributed by atoms with Crippen LogP contribution < -0.4 is 5.32 Å². The van der Waals surface area contributed by atoms with Crippen LogP contribution in [-0.2, 0) is 0 Å². The number of hydrogen-bond acceptors (Lipinski definition) is 2. The van der Waals surface area contributed by atoms with Crippen molar-refractivity contribution in [3.63, 3.8) is 0 Å². The minimum atomic E-state index is -0.932. The molecular formula is C16H16BrNO2. The van der Waals surface area contributed by atoms with Crippen molar-refractivity contribution in [1.29, 1.82) is 0 Å². The molecule has 0 heterocycles. The number of hydrogen-bond donors (Lipinski definition) is 2. The van der Waals surface area contributed by atoms with Crippen LogP contribution in [0, 0.1) is 0 Å². The van der Waals surface area contributed by atoms with E-state index in [1.807, 2.05) is 18.2 Å². The van der Waals surface area contributed by atoms with E-state index in [2.05, 4.69) is 40.3 Å². The largest absolute Gasteiger partial charge is 0.478 e. The molecule has 4 heteroatoms. The Hall–Kier alpha value is -1.81. The quantitative estimate of drug-likeness (QED) is 0.832. The number of carboxylic acid groups (broad SMARTS) is 1. The molecule has 2 aromatic rings. The summed E-state index contributed by atoms with van der Waals surface area (Å²) < 4.78 is 0.581. The summed E-state index contributed by atoms with van der Waals surface area (Å²) in [5.74, 6) is -0.932. The van der Waals surface area contributed by atoms with Crippen LogP contribution in [0.1, 0.15) is 35.3 Å². The number of carbonyl (C=O) groups is 1. The zero-order chi connectivity index (χ0) is 14.5. The zero-order valence-corrected chi connectivity index (χ0v) is 12.7. The van der Waals surface area contributed by atoms with Crippen molar-refractivity contribution in [2.75, 3.05) is 5.32 Å². The van der Waals surface area contributed by atoms with Gasteiger partial charge in [-0.2, -0.15) is 0 Å². The molecule has 104 valence electrons. The lowest BCUT2D eigenvalue weighted by Crippen LogP contribution is -2.10. The van der Waals surface area contributed by atoms with E-state index in [1.54, 1.807) is 18.2 Å². The Bertz CT molecular complexity index is 599. The van der Waals surface area contributed by atoms with Gasteiger partial charge in [-0.15, -0.1) is 0 Å². The highest BCUT2D eigenvalue weighted by molar-refractivity contribution is 9.10. The van der Waals surface area contributed by atoms with Gasteiger partial charge < -0.3 is 10.4 Å². The Labute approximate surface area is 126 Å². The molecule has 2 rings (SSSR count). The summed E-state index contributed by atoms with van der Waals surface area (Å²) in [4.78, 5) is 11.0. The summed E-state index contributed by atoms with van der Waals surface area (Å²) in [6.45, 7) is 2.12. The lowest BCUT2D eigenvalue weighted by molar-refractivity contribution is 0.0696. The Balaban J connectivity index is 2.20. The maximum absolute atomic E-state index is 11.0. The second-order valence-corrected chi connectivity index (χ2v) is 5.37. The normalized spacial score (nSPS) is 11.9. The molecule has 1 unspecified atom stereocenters. The molecule has 0 bridgehead atoms. The molecule has 0 fully saturated rings. The van der Waals surface area contributed by atoms with Gasteiger partial charge in [0, 0.05) is 10.2 Å². The van der Waals surface area contributed by atoms with Crippen LogP contribution in [0.4, 0.5) is 5.69 Å². The molecular weight excluding hydrogens is 318 g/mol. The fourth-order valence-electron chi connectivity index (χ4n) is 2.09. The van der Waals surface area contributed by atoms with Crippen molar-refractivity contribution in [2.45, 2.75) is 19.4 Å². The molecule has 0 saturated heterocycles. The summed E-state index contributed by atoms with van der Waals surface area (Å²) in [6.07, 6.45) is 0.947. The summed E-state index contributed by atoms with van der Waals surface area (Å²) >= 11 is 3.29. The fraction of sp³-hybridized carbons (Fsp3) is 0.188. The van der Waals surface area contributed by atoms with Gasteiger partial charge in [-0.05, 0) is 46.1 Å². The number of aromatic carboxylic acids is 1. The van der Waals surface area contributed by atoms with Crippen molar-refractivity contribution in [1.82, 2.24) is 0 Å². The molecule has 0 radical (unpaired) electrons. The molecule has 0 aromatic heterocycles. The first-order chi connectivity index (χ1) is 9.61. The Morgan fingerprint density at radius 2 is 1.95 bits per heavy atom. The first kappa shape index (κ1) is 14.6. The fourth-order valence-corrected chi connectivity index (χ4v) is 2.63. The lowest BCUT2D eigenvalue weighted by Gasteiger charge is -2.19. The molecule has 2 N–H and O–H groups in total. The van der Waals surface area contributed by atoms with Crippen molar-refractivity contribution in [3.05, 3.63) is 64.1 Å². The number of anilines is 1.